The highest BCUT2D eigenvalue weighted by atomic mass is 16.3. The number of rotatable bonds is 4. The van der Waals surface area contributed by atoms with E-state index in [0.717, 1.165) is 19.4 Å². The molecule has 0 radical (unpaired) electrons. The molecule has 1 aromatic carbocycles. The molecule has 1 amide bonds. The van der Waals surface area contributed by atoms with Crippen LogP contribution in [0.2, 0.25) is 0 Å². The Morgan fingerprint density at radius 1 is 1.47 bits per heavy atom. The van der Waals surface area contributed by atoms with Gasteiger partial charge in [0.1, 0.15) is 5.75 Å². The molecule has 2 rings (SSSR count). The van der Waals surface area contributed by atoms with Gasteiger partial charge in [0.15, 0.2) is 0 Å². The minimum absolute atomic E-state index is 0.212. The number of nitrogens with two attached hydrogens (primary N) is 1. The van der Waals surface area contributed by atoms with Crippen LogP contribution in [0.3, 0.4) is 0 Å². The molecule has 2 atom stereocenters. The zero-order valence-corrected chi connectivity index (χ0v) is 11.6. The van der Waals surface area contributed by atoms with Gasteiger partial charge >= 0.3 is 0 Å². The molecule has 4 heteroatoms. The Bertz CT molecular complexity index is 458. The predicted molar refractivity (Wildman–Crippen MR) is 74.6 cm³/mol. The molecule has 0 spiro atoms. The number of phenolic OH excluding ortho intramolecular Hbond substituents is 1. The summed E-state index contributed by atoms with van der Waals surface area (Å²) in [5, 5.41) is 9.36. The minimum Gasteiger partial charge on any atom is -0.508 e. The average molecular weight is 262 g/mol. The van der Waals surface area contributed by atoms with Crippen molar-refractivity contribution in [1.82, 2.24) is 4.90 Å². The zero-order chi connectivity index (χ0) is 14.0. The van der Waals surface area contributed by atoms with E-state index in [2.05, 4.69) is 11.8 Å². The summed E-state index contributed by atoms with van der Waals surface area (Å²) in [6.07, 6.45) is 1.79. The van der Waals surface area contributed by atoms with Crippen molar-refractivity contribution in [3.8, 4) is 5.75 Å². The fourth-order valence-electron chi connectivity index (χ4n) is 2.87. The lowest BCUT2D eigenvalue weighted by Crippen LogP contribution is -2.37. The number of nitrogens with zero attached hydrogens (tertiary/aromatic N) is 1. The lowest BCUT2D eigenvalue weighted by atomic mass is 9.89. The van der Waals surface area contributed by atoms with Gasteiger partial charge in [-0.2, -0.15) is 0 Å². The van der Waals surface area contributed by atoms with E-state index in [0.29, 0.717) is 6.54 Å². The van der Waals surface area contributed by atoms with Crippen LogP contribution in [0.4, 0.5) is 0 Å². The molecule has 0 aliphatic carbocycles. The van der Waals surface area contributed by atoms with Gasteiger partial charge in [-0.25, -0.2) is 0 Å². The van der Waals surface area contributed by atoms with Gasteiger partial charge in [-0.15, -0.1) is 0 Å². The highest BCUT2D eigenvalue weighted by molar-refractivity contribution is 5.81. The first-order valence-electron chi connectivity index (χ1n) is 6.79. The number of phenols is 1. The Balaban J connectivity index is 2.16. The quantitative estimate of drug-likeness (QED) is 0.872. The van der Waals surface area contributed by atoms with E-state index in [9.17, 15) is 9.90 Å². The fraction of sp³-hybridized carbons (Fsp3) is 0.533. The summed E-state index contributed by atoms with van der Waals surface area (Å²) in [6.45, 7) is 5.68. The normalized spacial score (nSPS) is 25.4. The number of likely N-dealkylation sites (tertiary alicyclic amines) is 1. The molecule has 1 saturated heterocycles. The number of carbonyl (C=O) groups is 1. The molecule has 0 aromatic heterocycles. The zero-order valence-electron chi connectivity index (χ0n) is 11.6. The molecular formula is C15H22N2O2. The van der Waals surface area contributed by atoms with Gasteiger partial charge in [0.2, 0.25) is 5.91 Å². The van der Waals surface area contributed by atoms with Crippen LogP contribution in [0.25, 0.3) is 0 Å². The number of aromatic hydroxyl groups is 1. The van der Waals surface area contributed by atoms with Crippen molar-refractivity contribution in [2.24, 2.45) is 11.1 Å². The van der Waals surface area contributed by atoms with Gasteiger partial charge < -0.3 is 10.8 Å². The monoisotopic (exact) mass is 262 g/mol. The largest absolute Gasteiger partial charge is 0.508 e. The molecule has 19 heavy (non-hydrogen) atoms. The third-order valence-electron chi connectivity index (χ3n) is 4.20. The maximum Gasteiger partial charge on any atom is 0.224 e. The van der Waals surface area contributed by atoms with E-state index in [1.54, 1.807) is 12.1 Å². The van der Waals surface area contributed by atoms with E-state index in [1.807, 2.05) is 19.1 Å². The average Bonchev–Trinajstić information content (AvgIpc) is 2.77. The maximum atomic E-state index is 11.5. The Hall–Kier alpha value is -1.55. The second-order valence-corrected chi connectivity index (χ2v) is 5.66. The van der Waals surface area contributed by atoms with Gasteiger partial charge in [-0.1, -0.05) is 19.1 Å². The Morgan fingerprint density at radius 3 is 2.58 bits per heavy atom. The lowest BCUT2D eigenvalue weighted by Gasteiger charge is -2.29. The van der Waals surface area contributed by atoms with E-state index in [1.165, 1.54) is 5.56 Å². The predicted octanol–water partition coefficient (Wildman–Crippen LogP) is 2.04. The number of hydrogen-bond donors (Lipinski definition) is 2. The second kappa shape index (κ2) is 5.21. The molecule has 0 saturated carbocycles. The van der Waals surface area contributed by atoms with Crippen LogP contribution < -0.4 is 5.73 Å². The lowest BCUT2D eigenvalue weighted by molar-refractivity contribution is -0.126. The number of hydrogen-bond acceptors (Lipinski definition) is 3. The van der Waals surface area contributed by atoms with Crippen LogP contribution in [0.1, 0.15) is 38.3 Å². The van der Waals surface area contributed by atoms with E-state index >= 15 is 0 Å². The Morgan fingerprint density at radius 2 is 2.11 bits per heavy atom. The summed E-state index contributed by atoms with van der Waals surface area (Å²) < 4.78 is 0. The summed E-state index contributed by atoms with van der Waals surface area (Å²) in [5.41, 5.74) is 6.26. The van der Waals surface area contributed by atoms with Crippen LogP contribution in [0.5, 0.6) is 5.75 Å². The molecule has 1 heterocycles. The van der Waals surface area contributed by atoms with Gasteiger partial charge in [0.25, 0.3) is 0 Å². The van der Waals surface area contributed by atoms with Crippen molar-refractivity contribution in [2.45, 2.75) is 32.7 Å². The standard InChI is InChI=1S/C15H22N2O2/c1-3-13(11-4-6-12(18)7-5-11)17-9-8-15(2,10-17)14(16)19/h4-7,13,18H,3,8-10H2,1-2H3,(H2,16,19). The minimum atomic E-state index is -0.412. The summed E-state index contributed by atoms with van der Waals surface area (Å²) in [4.78, 5) is 13.8. The van der Waals surface area contributed by atoms with Crippen LogP contribution in [-0.2, 0) is 4.79 Å². The van der Waals surface area contributed by atoms with E-state index < -0.39 is 5.41 Å². The van der Waals surface area contributed by atoms with E-state index in [-0.39, 0.29) is 17.7 Å². The summed E-state index contributed by atoms with van der Waals surface area (Å²) in [5.74, 6) is 0.0672. The molecular weight excluding hydrogens is 240 g/mol. The third kappa shape index (κ3) is 2.73. The highest BCUT2D eigenvalue weighted by Gasteiger charge is 2.40. The first-order chi connectivity index (χ1) is 8.96. The number of primary amides is 1. The van der Waals surface area contributed by atoms with Crippen LogP contribution in [0.15, 0.2) is 24.3 Å². The smallest absolute Gasteiger partial charge is 0.224 e. The molecule has 1 aromatic rings. The van der Waals surface area contributed by atoms with Crippen molar-refractivity contribution in [2.75, 3.05) is 13.1 Å². The van der Waals surface area contributed by atoms with E-state index in [4.69, 9.17) is 5.73 Å². The molecule has 104 valence electrons. The molecule has 3 N–H and O–H groups in total. The van der Waals surface area contributed by atoms with Crippen LogP contribution in [0, 0.1) is 5.41 Å². The highest BCUT2D eigenvalue weighted by Crippen LogP contribution is 2.36. The van der Waals surface area contributed by atoms with Gasteiger partial charge in [-0.3, -0.25) is 9.69 Å². The van der Waals surface area contributed by atoms with Crippen molar-refractivity contribution in [1.29, 1.82) is 0 Å². The summed E-state index contributed by atoms with van der Waals surface area (Å²) >= 11 is 0. The first kappa shape index (κ1) is 13.9. The van der Waals surface area contributed by atoms with Gasteiger partial charge in [0, 0.05) is 12.6 Å². The molecule has 1 aliphatic rings. The molecule has 1 aliphatic heterocycles. The number of amides is 1. The Labute approximate surface area is 114 Å². The van der Waals surface area contributed by atoms with Crippen LogP contribution >= 0.6 is 0 Å². The number of carbonyl (C=O) groups excluding carboxylic acids is 1. The molecule has 1 fully saturated rings. The first-order valence-corrected chi connectivity index (χ1v) is 6.79. The molecule has 2 unspecified atom stereocenters. The molecule has 0 bridgehead atoms. The summed E-state index contributed by atoms with van der Waals surface area (Å²) in [7, 11) is 0. The molecule has 4 nitrogen and oxygen atoms in total. The van der Waals surface area contributed by atoms with Gasteiger partial charge in [-0.05, 0) is 44.0 Å². The maximum absolute atomic E-state index is 11.5. The number of benzene rings is 1. The SMILES string of the molecule is CCC(c1ccc(O)cc1)N1CCC(C)(C(N)=O)C1. The Kier molecular flexibility index (Phi) is 3.80. The van der Waals surface area contributed by atoms with Crippen molar-refractivity contribution in [3.63, 3.8) is 0 Å². The second-order valence-electron chi connectivity index (χ2n) is 5.66. The van der Waals surface area contributed by atoms with Crippen molar-refractivity contribution >= 4 is 5.91 Å². The summed E-state index contributed by atoms with van der Waals surface area (Å²) in [6, 6.07) is 7.59. The van der Waals surface area contributed by atoms with Crippen molar-refractivity contribution in [3.05, 3.63) is 29.8 Å². The third-order valence-corrected chi connectivity index (χ3v) is 4.20. The van der Waals surface area contributed by atoms with Gasteiger partial charge in [0.05, 0.1) is 5.41 Å². The topological polar surface area (TPSA) is 66.6 Å². The fourth-order valence-corrected chi connectivity index (χ4v) is 2.87. The van der Waals surface area contributed by atoms with Crippen LogP contribution in [-0.4, -0.2) is 29.0 Å². The van der Waals surface area contributed by atoms with Crippen molar-refractivity contribution < 1.29 is 9.90 Å².